The quantitative estimate of drug-likeness (QED) is 0.780. The minimum atomic E-state index is -3.71. The number of carboxylic acid groups (broad SMARTS) is 1. The Morgan fingerprint density at radius 1 is 1.27 bits per heavy atom. The van der Waals surface area contributed by atoms with Crippen LogP contribution < -0.4 is 4.72 Å². The van der Waals surface area contributed by atoms with E-state index in [1.807, 2.05) is 0 Å². The minimum absolute atomic E-state index is 0.0493. The highest BCUT2D eigenvalue weighted by molar-refractivity contribution is 7.91. The zero-order valence-electron chi connectivity index (χ0n) is 11.9. The summed E-state index contributed by atoms with van der Waals surface area (Å²) in [5.41, 5.74) is 0. The van der Waals surface area contributed by atoms with Crippen LogP contribution in [0.3, 0.4) is 0 Å². The summed E-state index contributed by atoms with van der Waals surface area (Å²) in [5.74, 6) is -1.80. The molecule has 0 aromatic carbocycles. The summed E-state index contributed by atoms with van der Waals surface area (Å²) >= 11 is 0.847. The van der Waals surface area contributed by atoms with E-state index in [2.05, 4.69) is 9.46 Å². The molecule has 0 saturated heterocycles. The second-order valence-corrected chi connectivity index (χ2v) is 8.14. The molecule has 122 valence electrons. The van der Waals surface area contributed by atoms with E-state index in [9.17, 15) is 18.0 Å². The standard InChI is InChI=1S/C13H17NO6S2/c1-20-13(17)10-6-7-11(21-10)22(18,19)14-9-4-2-8(3-5-9)12(15)16/h6-9,14H,2-5H2,1H3,(H,15,16). The summed E-state index contributed by atoms with van der Waals surface area (Å²) in [5, 5.41) is 8.93. The molecule has 0 aliphatic heterocycles. The van der Waals surface area contributed by atoms with Crippen molar-refractivity contribution >= 4 is 33.3 Å². The smallest absolute Gasteiger partial charge is 0.348 e. The predicted octanol–water partition coefficient (Wildman–Crippen LogP) is 1.46. The van der Waals surface area contributed by atoms with Crippen molar-refractivity contribution in [1.82, 2.24) is 4.72 Å². The number of carbonyl (C=O) groups excluding carboxylic acids is 1. The normalized spacial score (nSPS) is 22.2. The maximum atomic E-state index is 12.3. The Bertz CT molecular complexity index is 658. The maximum absolute atomic E-state index is 12.3. The summed E-state index contributed by atoms with van der Waals surface area (Å²) in [6, 6.07) is 2.50. The second-order valence-electron chi connectivity index (χ2n) is 5.12. The van der Waals surface area contributed by atoms with E-state index in [1.54, 1.807) is 0 Å². The topological polar surface area (TPSA) is 110 Å². The molecule has 0 radical (unpaired) electrons. The molecule has 0 bridgehead atoms. The highest BCUT2D eigenvalue weighted by Gasteiger charge is 2.29. The largest absolute Gasteiger partial charge is 0.481 e. The SMILES string of the molecule is COC(=O)c1ccc(S(=O)(=O)NC2CCC(C(=O)O)CC2)s1. The molecular weight excluding hydrogens is 330 g/mol. The van der Waals surface area contributed by atoms with Crippen LogP contribution in [0.5, 0.6) is 0 Å². The molecule has 1 fully saturated rings. The number of thiophene rings is 1. The first-order valence-electron chi connectivity index (χ1n) is 6.77. The van der Waals surface area contributed by atoms with Crippen LogP contribution in [0, 0.1) is 5.92 Å². The Morgan fingerprint density at radius 3 is 2.45 bits per heavy atom. The van der Waals surface area contributed by atoms with Gasteiger partial charge in [0.15, 0.2) is 0 Å². The van der Waals surface area contributed by atoms with Crippen molar-refractivity contribution in [3.63, 3.8) is 0 Å². The van der Waals surface area contributed by atoms with Gasteiger partial charge in [-0.1, -0.05) is 0 Å². The van der Waals surface area contributed by atoms with Gasteiger partial charge >= 0.3 is 11.9 Å². The van der Waals surface area contributed by atoms with Crippen LogP contribution in [0.1, 0.15) is 35.4 Å². The fraction of sp³-hybridized carbons (Fsp3) is 0.538. The van der Waals surface area contributed by atoms with Crippen molar-refractivity contribution in [2.45, 2.75) is 35.9 Å². The number of sulfonamides is 1. The predicted molar refractivity (Wildman–Crippen MR) is 79.4 cm³/mol. The number of nitrogens with one attached hydrogen (secondary N) is 1. The van der Waals surface area contributed by atoms with E-state index in [0.29, 0.717) is 25.7 Å². The second kappa shape index (κ2) is 6.76. The van der Waals surface area contributed by atoms with Gasteiger partial charge in [0.1, 0.15) is 9.09 Å². The molecule has 2 rings (SSSR count). The number of esters is 1. The summed E-state index contributed by atoms with van der Waals surface area (Å²) in [6.07, 6.45) is 1.90. The van der Waals surface area contributed by atoms with E-state index in [0.717, 1.165) is 11.3 Å². The number of hydrogen-bond donors (Lipinski definition) is 2. The molecule has 1 aliphatic rings. The Morgan fingerprint density at radius 2 is 1.91 bits per heavy atom. The fourth-order valence-corrected chi connectivity index (χ4v) is 4.96. The van der Waals surface area contributed by atoms with Gasteiger partial charge in [-0.05, 0) is 37.8 Å². The zero-order chi connectivity index (χ0) is 16.3. The lowest BCUT2D eigenvalue weighted by atomic mass is 9.87. The summed E-state index contributed by atoms with van der Waals surface area (Å²) in [4.78, 5) is 22.5. The Hall–Kier alpha value is -1.45. The summed E-state index contributed by atoms with van der Waals surface area (Å²) < 4.78 is 31.7. The van der Waals surface area contributed by atoms with Crippen molar-refractivity contribution in [1.29, 1.82) is 0 Å². The van der Waals surface area contributed by atoms with Crippen molar-refractivity contribution in [3.8, 4) is 0 Å². The molecule has 0 spiro atoms. The van der Waals surface area contributed by atoms with E-state index in [-0.39, 0.29) is 15.1 Å². The molecule has 1 saturated carbocycles. The Balaban J connectivity index is 2.01. The molecule has 1 aliphatic carbocycles. The lowest BCUT2D eigenvalue weighted by Crippen LogP contribution is -2.38. The van der Waals surface area contributed by atoms with Crippen LogP contribution in [0.4, 0.5) is 0 Å². The number of carbonyl (C=O) groups is 2. The molecule has 1 aromatic rings. The first-order valence-corrected chi connectivity index (χ1v) is 9.06. The third kappa shape index (κ3) is 3.84. The van der Waals surface area contributed by atoms with Crippen molar-refractivity contribution in [3.05, 3.63) is 17.0 Å². The Kier molecular flexibility index (Phi) is 5.20. The van der Waals surface area contributed by atoms with E-state index >= 15 is 0 Å². The third-order valence-electron chi connectivity index (χ3n) is 3.63. The molecular formula is C13H17NO6S2. The van der Waals surface area contributed by atoms with Gasteiger partial charge in [-0.15, -0.1) is 11.3 Å². The Labute approximate surface area is 132 Å². The van der Waals surface area contributed by atoms with Crippen LogP contribution in [0.25, 0.3) is 0 Å². The van der Waals surface area contributed by atoms with Crippen molar-refractivity contribution in [2.24, 2.45) is 5.92 Å². The van der Waals surface area contributed by atoms with Crippen molar-refractivity contribution < 1.29 is 27.9 Å². The van der Waals surface area contributed by atoms with Crippen LogP contribution in [-0.2, 0) is 19.6 Å². The number of ether oxygens (including phenoxy) is 1. The van der Waals surface area contributed by atoms with Crippen LogP contribution in [0.15, 0.2) is 16.3 Å². The molecule has 9 heteroatoms. The molecule has 0 amide bonds. The van der Waals surface area contributed by atoms with Gasteiger partial charge < -0.3 is 9.84 Å². The molecule has 0 atom stereocenters. The number of carboxylic acids is 1. The monoisotopic (exact) mass is 347 g/mol. The summed E-state index contributed by atoms with van der Waals surface area (Å²) in [6.45, 7) is 0. The first kappa shape index (κ1) is 16.9. The van der Waals surface area contributed by atoms with E-state index in [1.165, 1.54) is 19.2 Å². The lowest BCUT2D eigenvalue weighted by molar-refractivity contribution is -0.142. The molecule has 0 unspecified atom stereocenters. The van der Waals surface area contributed by atoms with Crippen LogP contribution in [-0.4, -0.2) is 38.6 Å². The highest BCUT2D eigenvalue weighted by atomic mass is 32.2. The number of methoxy groups -OCH3 is 1. The van der Waals surface area contributed by atoms with Crippen LogP contribution in [0.2, 0.25) is 0 Å². The van der Waals surface area contributed by atoms with Gasteiger partial charge in [0.05, 0.1) is 13.0 Å². The summed E-state index contributed by atoms with van der Waals surface area (Å²) in [7, 11) is -2.47. The number of hydrogen-bond acceptors (Lipinski definition) is 6. The molecule has 7 nitrogen and oxygen atoms in total. The van der Waals surface area contributed by atoms with Gasteiger partial charge in [-0.2, -0.15) is 0 Å². The number of rotatable bonds is 5. The molecule has 22 heavy (non-hydrogen) atoms. The van der Waals surface area contributed by atoms with Gasteiger partial charge in [-0.25, -0.2) is 17.9 Å². The number of aliphatic carboxylic acids is 1. The van der Waals surface area contributed by atoms with Gasteiger partial charge in [0.25, 0.3) is 0 Å². The van der Waals surface area contributed by atoms with Gasteiger partial charge in [0, 0.05) is 6.04 Å². The first-order chi connectivity index (χ1) is 10.3. The average Bonchev–Trinajstić information content (AvgIpc) is 2.97. The molecule has 1 heterocycles. The van der Waals surface area contributed by atoms with E-state index < -0.39 is 27.9 Å². The van der Waals surface area contributed by atoms with Crippen LogP contribution >= 0.6 is 11.3 Å². The van der Waals surface area contributed by atoms with Crippen molar-refractivity contribution in [2.75, 3.05) is 7.11 Å². The van der Waals surface area contributed by atoms with Gasteiger partial charge in [-0.3, -0.25) is 4.79 Å². The highest BCUT2D eigenvalue weighted by Crippen LogP contribution is 2.27. The molecule has 1 aromatic heterocycles. The van der Waals surface area contributed by atoms with E-state index in [4.69, 9.17) is 5.11 Å². The lowest BCUT2D eigenvalue weighted by Gasteiger charge is -2.26. The zero-order valence-corrected chi connectivity index (χ0v) is 13.6. The maximum Gasteiger partial charge on any atom is 0.348 e. The fourth-order valence-electron chi connectivity index (χ4n) is 2.41. The molecule has 2 N–H and O–H groups in total. The average molecular weight is 347 g/mol. The van der Waals surface area contributed by atoms with Gasteiger partial charge in [0.2, 0.25) is 10.0 Å². The third-order valence-corrected chi connectivity index (χ3v) is 6.71. The minimum Gasteiger partial charge on any atom is -0.481 e.